The van der Waals surface area contributed by atoms with Crippen LogP contribution in [0.4, 0.5) is 5.69 Å². The number of aliphatic imine (C=N–C) groups is 2. The fourth-order valence-electron chi connectivity index (χ4n) is 3.80. The van der Waals surface area contributed by atoms with Crippen molar-refractivity contribution in [3.8, 4) is 0 Å². The van der Waals surface area contributed by atoms with E-state index in [1.54, 1.807) is 18.6 Å². The van der Waals surface area contributed by atoms with E-state index in [1.165, 1.54) is 0 Å². The third-order valence-corrected chi connectivity index (χ3v) is 5.49. The molecule has 1 saturated heterocycles. The van der Waals surface area contributed by atoms with Gasteiger partial charge in [-0.15, -0.1) is 0 Å². The van der Waals surface area contributed by atoms with Crippen molar-refractivity contribution in [2.24, 2.45) is 15.7 Å². The monoisotopic (exact) mass is 426 g/mol. The molecule has 1 fully saturated rings. The maximum absolute atomic E-state index is 12.5. The van der Waals surface area contributed by atoms with Crippen LogP contribution in [0.5, 0.6) is 0 Å². The highest BCUT2D eigenvalue weighted by atomic mass is 16.6. The lowest BCUT2D eigenvalue weighted by molar-refractivity contribution is -0.130. The van der Waals surface area contributed by atoms with Gasteiger partial charge in [-0.25, -0.2) is 14.8 Å². The van der Waals surface area contributed by atoms with Crippen molar-refractivity contribution in [1.29, 1.82) is 0 Å². The lowest BCUT2D eigenvalue weighted by Crippen LogP contribution is -2.49. The van der Waals surface area contributed by atoms with E-state index in [9.17, 15) is 4.79 Å². The van der Waals surface area contributed by atoms with Crippen LogP contribution in [-0.4, -0.2) is 58.8 Å². The van der Waals surface area contributed by atoms with Crippen LogP contribution in [0.15, 0.2) is 88.9 Å². The SMILES string of the molecule is NC(=Nc1ccncc1)N1CCN(C=C2N=C(c3cccc4ccccc34)OC2=O)CC1. The van der Waals surface area contributed by atoms with Crippen LogP contribution in [0.3, 0.4) is 0 Å². The van der Waals surface area contributed by atoms with Crippen LogP contribution in [-0.2, 0) is 9.53 Å². The molecule has 5 rings (SSSR count). The Morgan fingerprint density at radius 2 is 1.75 bits per heavy atom. The van der Waals surface area contributed by atoms with Gasteiger partial charge in [0.05, 0.1) is 5.69 Å². The maximum atomic E-state index is 12.5. The first-order chi connectivity index (χ1) is 15.7. The molecule has 3 heterocycles. The first-order valence-corrected chi connectivity index (χ1v) is 10.4. The number of nitrogens with two attached hydrogens (primary N) is 1. The molecule has 8 heteroatoms. The van der Waals surface area contributed by atoms with Gasteiger partial charge in [0.25, 0.3) is 0 Å². The van der Waals surface area contributed by atoms with Crippen molar-refractivity contribution in [1.82, 2.24) is 14.8 Å². The topological polar surface area (TPSA) is 96.4 Å². The first kappa shape index (κ1) is 19.7. The molecule has 0 atom stereocenters. The van der Waals surface area contributed by atoms with Crippen molar-refractivity contribution in [2.75, 3.05) is 26.2 Å². The smallest absolute Gasteiger partial charge is 0.365 e. The van der Waals surface area contributed by atoms with Crippen molar-refractivity contribution >= 4 is 34.3 Å². The number of guanidine groups is 1. The predicted octanol–water partition coefficient (Wildman–Crippen LogP) is 2.64. The Hall–Kier alpha value is -4.20. The quantitative estimate of drug-likeness (QED) is 0.299. The maximum Gasteiger partial charge on any atom is 0.365 e. The summed E-state index contributed by atoms with van der Waals surface area (Å²) in [5.74, 6) is 0.375. The molecule has 3 aromatic rings. The summed E-state index contributed by atoms with van der Waals surface area (Å²) in [5, 5.41) is 2.07. The molecule has 0 saturated carbocycles. The average Bonchev–Trinajstić information content (AvgIpc) is 3.19. The van der Waals surface area contributed by atoms with E-state index in [1.807, 2.05) is 59.5 Å². The second-order valence-corrected chi connectivity index (χ2v) is 7.55. The molecule has 0 amide bonds. The summed E-state index contributed by atoms with van der Waals surface area (Å²) in [4.78, 5) is 29.5. The van der Waals surface area contributed by atoms with E-state index in [2.05, 4.69) is 19.9 Å². The Bertz CT molecular complexity index is 1240. The number of nitrogens with zero attached hydrogens (tertiary/aromatic N) is 5. The zero-order valence-corrected chi connectivity index (χ0v) is 17.4. The van der Waals surface area contributed by atoms with E-state index >= 15 is 0 Å². The summed E-state index contributed by atoms with van der Waals surface area (Å²) in [6.07, 6.45) is 5.14. The molecule has 1 aromatic heterocycles. The Kier molecular flexibility index (Phi) is 5.25. The molecule has 2 N–H and O–H groups in total. The van der Waals surface area contributed by atoms with E-state index in [0.29, 0.717) is 43.7 Å². The summed E-state index contributed by atoms with van der Waals surface area (Å²) >= 11 is 0. The van der Waals surface area contributed by atoms with Gasteiger partial charge in [-0.2, -0.15) is 0 Å². The molecule has 0 radical (unpaired) electrons. The lowest BCUT2D eigenvalue weighted by Gasteiger charge is -2.34. The van der Waals surface area contributed by atoms with Gasteiger partial charge in [0, 0.05) is 50.3 Å². The van der Waals surface area contributed by atoms with Gasteiger partial charge < -0.3 is 20.3 Å². The van der Waals surface area contributed by atoms with E-state index < -0.39 is 5.97 Å². The fourth-order valence-corrected chi connectivity index (χ4v) is 3.80. The van der Waals surface area contributed by atoms with Crippen molar-refractivity contribution in [2.45, 2.75) is 0 Å². The minimum absolute atomic E-state index is 0.305. The molecule has 160 valence electrons. The van der Waals surface area contributed by atoms with Crippen molar-refractivity contribution in [3.05, 3.63) is 84.5 Å². The van der Waals surface area contributed by atoms with Gasteiger partial charge in [-0.3, -0.25) is 4.98 Å². The predicted molar refractivity (Wildman–Crippen MR) is 123 cm³/mol. The Balaban J connectivity index is 1.29. The first-order valence-electron chi connectivity index (χ1n) is 10.4. The molecular weight excluding hydrogens is 404 g/mol. The van der Waals surface area contributed by atoms with Crippen LogP contribution in [0.1, 0.15) is 5.56 Å². The van der Waals surface area contributed by atoms with Crippen LogP contribution in [0.25, 0.3) is 10.8 Å². The summed E-state index contributed by atoms with van der Waals surface area (Å²) in [6.45, 7) is 2.78. The van der Waals surface area contributed by atoms with Crippen LogP contribution >= 0.6 is 0 Å². The number of ether oxygens (including phenoxy) is 1. The minimum atomic E-state index is -0.436. The van der Waals surface area contributed by atoms with Crippen molar-refractivity contribution < 1.29 is 9.53 Å². The number of carbonyl (C=O) groups is 1. The van der Waals surface area contributed by atoms with Crippen LogP contribution < -0.4 is 5.73 Å². The second kappa shape index (κ2) is 8.50. The Morgan fingerprint density at radius 1 is 1.00 bits per heavy atom. The molecule has 2 aliphatic rings. The van der Waals surface area contributed by atoms with Gasteiger partial charge in [0.1, 0.15) is 0 Å². The number of rotatable bonds is 3. The zero-order valence-electron chi connectivity index (χ0n) is 17.4. The normalized spacial score (nSPS) is 18.2. The highest BCUT2D eigenvalue weighted by Crippen LogP contribution is 2.24. The van der Waals surface area contributed by atoms with E-state index in [-0.39, 0.29) is 0 Å². The number of aromatic nitrogens is 1. The van der Waals surface area contributed by atoms with Crippen LogP contribution in [0.2, 0.25) is 0 Å². The highest BCUT2D eigenvalue weighted by Gasteiger charge is 2.27. The second-order valence-electron chi connectivity index (χ2n) is 7.55. The number of esters is 1. The molecular formula is C24H22N6O2. The number of hydrogen-bond acceptors (Lipinski definition) is 6. The number of carbonyl (C=O) groups excluding carboxylic acids is 1. The summed E-state index contributed by atoms with van der Waals surface area (Å²) < 4.78 is 5.50. The number of piperazine rings is 1. The summed E-state index contributed by atoms with van der Waals surface area (Å²) in [5.41, 5.74) is 8.05. The van der Waals surface area contributed by atoms with Crippen molar-refractivity contribution in [3.63, 3.8) is 0 Å². The summed E-state index contributed by atoms with van der Waals surface area (Å²) in [6, 6.07) is 17.5. The number of cyclic esters (lactones) is 1. The van der Waals surface area contributed by atoms with E-state index in [4.69, 9.17) is 10.5 Å². The molecule has 0 aliphatic carbocycles. The van der Waals surface area contributed by atoms with Gasteiger partial charge in [-0.05, 0) is 29.0 Å². The van der Waals surface area contributed by atoms with Gasteiger partial charge in [0.15, 0.2) is 11.7 Å². The Morgan fingerprint density at radius 3 is 2.56 bits per heavy atom. The molecule has 0 bridgehead atoms. The number of hydrogen-bond donors (Lipinski definition) is 1. The average molecular weight is 426 g/mol. The molecule has 0 unspecified atom stereocenters. The standard InChI is InChI=1S/C24H22N6O2/c25-24(27-18-8-10-26-11-9-18)30-14-12-29(13-15-30)16-21-23(31)32-22(28-21)20-7-3-5-17-4-1-2-6-19(17)20/h1-11,16H,12-15H2,(H2,25,26,27). The molecule has 32 heavy (non-hydrogen) atoms. The molecule has 2 aromatic carbocycles. The molecule has 8 nitrogen and oxygen atoms in total. The zero-order chi connectivity index (χ0) is 21.9. The number of benzene rings is 2. The van der Waals surface area contributed by atoms with E-state index in [0.717, 1.165) is 22.0 Å². The highest BCUT2D eigenvalue weighted by molar-refractivity contribution is 6.16. The number of fused-ring (bicyclic) bond motifs is 1. The lowest BCUT2D eigenvalue weighted by atomic mass is 10.0. The summed E-state index contributed by atoms with van der Waals surface area (Å²) in [7, 11) is 0. The largest absolute Gasteiger partial charge is 0.402 e. The fraction of sp³-hybridized carbons (Fsp3) is 0.167. The molecule has 0 spiro atoms. The third kappa shape index (κ3) is 4.02. The third-order valence-electron chi connectivity index (χ3n) is 5.49. The minimum Gasteiger partial charge on any atom is -0.402 e. The molecule has 2 aliphatic heterocycles. The van der Waals surface area contributed by atoms with Gasteiger partial charge in [0.2, 0.25) is 5.90 Å². The Labute approximate surface area is 185 Å². The van der Waals surface area contributed by atoms with Gasteiger partial charge in [-0.1, -0.05) is 36.4 Å². The van der Waals surface area contributed by atoms with Crippen LogP contribution in [0, 0.1) is 0 Å². The number of pyridine rings is 1. The van der Waals surface area contributed by atoms with Gasteiger partial charge >= 0.3 is 5.97 Å².